The van der Waals surface area contributed by atoms with E-state index in [0.717, 1.165) is 24.3 Å². The molecule has 0 aliphatic carbocycles. The standard InChI is InChI=1S/C15H18ClNO2/c1-10-6-7-17(8-13(10)16)15(18)12-9-19-14-5-3-2-4-11(12)14/h2-5,10,12-13H,6-9H2,1H3. The third kappa shape index (κ3) is 2.32. The lowest BCUT2D eigenvalue weighted by atomic mass is 9.95. The second kappa shape index (κ2) is 5.04. The van der Waals surface area contributed by atoms with Gasteiger partial charge in [-0.25, -0.2) is 0 Å². The number of carbonyl (C=O) groups is 1. The number of hydrogen-bond acceptors (Lipinski definition) is 2. The zero-order valence-electron chi connectivity index (χ0n) is 11.0. The zero-order valence-corrected chi connectivity index (χ0v) is 11.8. The third-order valence-electron chi connectivity index (χ3n) is 4.18. The molecule has 0 radical (unpaired) electrons. The van der Waals surface area contributed by atoms with Crippen molar-refractivity contribution in [3.8, 4) is 5.75 Å². The van der Waals surface area contributed by atoms with E-state index in [1.54, 1.807) is 0 Å². The molecule has 4 heteroatoms. The lowest BCUT2D eigenvalue weighted by Gasteiger charge is -2.35. The average molecular weight is 280 g/mol. The number of alkyl halides is 1. The summed E-state index contributed by atoms with van der Waals surface area (Å²) in [7, 11) is 0. The van der Waals surface area contributed by atoms with E-state index < -0.39 is 0 Å². The number of nitrogens with zero attached hydrogens (tertiary/aromatic N) is 1. The van der Waals surface area contributed by atoms with Crippen LogP contribution in [0.2, 0.25) is 0 Å². The van der Waals surface area contributed by atoms with Crippen LogP contribution in [-0.2, 0) is 4.79 Å². The quantitative estimate of drug-likeness (QED) is 0.740. The SMILES string of the molecule is CC1CCN(C(=O)C2COc3ccccc32)CC1Cl. The minimum atomic E-state index is -0.159. The lowest BCUT2D eigenvalue weighted by molar-refractivity contribution is -0.134. The van der Waals surface area contributed by atoms with Crippen molar-refractivity contribution in [3.63, 3.8) is 0 Å². The first-order valence-electron chi connectivity index (χ1n) is 6.81. The number of amides is 1. The van der Waals surface area contributed by atoms with Gasteiger partial charge in [-0.2, -0.15) is 0 Å². The topological polar surface area (TPSA) is 29.5 Å². The third-order valence-corrected chi connectivity index (χ3v) is 4.74. The molecular formula is C15H18ClNO2. The molecule has 0 bridgehead atoms. The molecule has 0 N–H and O–H groups in total. The van der Waals surface area contributed by atoms with E-state index in [1.165, 1.54) is 0 Å². The molecule has 3 rings (SSSR count). The Hall–Kier alpha value is -1.22. The highest BCUT2D eigenvalue weighted by molar-refractivity contribution is 6.21. The highest BCUT2D eigenvalue weighted by Crippen LogP contribution is 2.35. The Morgan fingerprint density at radius 3 is 3.00 bits per heavy atom. The first-order chi connectivity index (χ1) is 9.16. The van der Waals surface area contributed by atoms with Gasteiger partial charge in [-0.1, -0.05) is 25.1 Å². The van der Waals surface area contributed by atoms with Crippen LogP contribution < -0.4 is 4.74 Å². The summed E-state index contributed by atoms with van der Waals surface area (Å²) >= 11 is 6.29. The summed E-state index contributed by atoms with van der Waals surface area (Å²) in [5.41, 5.74) is 1.01. The summed E-state index contributed by atoms with van der Waals surface area (Å²) in [6.07, 6.45) is 0.981. The van der Waals surface area contributed by atoms with Crippen molar-refractivity contribution in [2.24, 2.45) is 5.92 Å². The van der Waals surface area contributed by atoms with Gasteiger partial charge in [-0.15, -0.1) is 11.6 Å². The Labute approximate surface area is 118 Å². The Morgan fingerprint density at radius 1 is 1.42 bits per heavy atom. The minimum Gasteiger partial charge on any atom is -0.492 e. The van der Waals surface area contributed by atoms with E-state index >= 15 is 0 Å². The second-order valence-electron chi connectivity index (χ2n) is 5.47. The Bertz CT molecular complexity index is 491. The van der Waals surface area contributed by atoms with Gasteiger partial charge in [-0.3, -0.25) is 4.79 Å². The maximum atomic E-state index is 12.6. The van der Waals surface area contributed by atoms with Crippen LogP contribution in [0.1, 0.15) is 24.8 Å². The van der Waals surface area contributed by atoms with Crippen LogP contribution in [0.25, 0.3) is 0 Å². The number of rotatable bonds is 1. The summed E-state index contributed by atoms with van der Waals surface area (Å²) < 4.78 is 5.59. The molecule has 3 unspecified atom stereocenters. The number of ether oxygens (including phenoxy) is 1. The molecule has 1 amide bonds. The van der Waals surface area contributed by atoms with Crippen LogP contribution in [0, 0.1) is 5.92 Å². The predicted octanol–water partition coefficient (Wildman–Crippen LogP) is 2.64. The van der Waals surface area contributed by atoms with Crippen LogP contribution in [0.4, 0.5) is 0 Å². The van der Waals surface area contributed by atoms with E-state index in [2.05, 4.69) is 6.92 Å². The van der Waals surface area contributed by atoms with Crippen LogP contribution in [0.5, 0.6) is 5.75 Å². The van der Waals surface area contributed by atoms with Crippen molar-refractivity contribution in [2.75, 3.05) is 19.7 Å². The fourth-order valence-electron chi connectivity index (χ4n) is 2.81. The van der Waals surface area contributed by atoms with Gasteiger partial charge in [0, 0.05) is 18.7 Å². The molecule has 0 aromatic heterocycles. The van der Waals surface area contributed by atoms with Crippen LogP contribution in [0.15, 0.2) is 24.3 Å². The summed E-state index contributed by atoms with van der Waals surface area (Å²) in [5, 5.41) is 0.0651. The maximum Gasteiger partial charge on any atom is 0.233 e. The van der Waals surface area contributed by atoms with Gasteiger partial charge in [0.25, 0.3) is 0 Å². The molecule has 3 atom stereocenters. The fourth-order valence-corrected chi connectivity index (χ4v) is 3.10. The van der Waals surface area contributed by atoms with Gasteiger partial charge in [0.1, 0.15) is 18.3 Å². The van der Waals surface area contributed by atoms with Gasteiger partial charge in [-0.05, 0) is 18.4 Å². The number of likely N-dealkylation sites (tertiary alicyclic amines) is 1. The average Bonchev–Trinajstić information content (AvgIpc) is 2.85. The smallest absolute Gasteiger partial charge is 0.233 e. The number of halogens is 1. The largest absolute Gasteiger partial charge is 0.492 e. The molecule has 1 fully saturated rings. The molecule has 0 saturated carbocycles. The summed E-state index contributed by atoms with van der Waals surface area (Å²) in [6, 6.07) is 7.79. The van der Waals surface area contributed by atoms with Crippen molar-refractivity contribution in [1.82, 2.24) is 4.90 Å². The molecular weight excluding hydrogens is 262 g/mol. The summed E-state index contributed by atoms with van der Waals surface area (Å²) in [6.45, 7) is 4.06. The highest BCUT2D eigenvalue weighted by atomic mass is 35.5. The molecule has 2 heterocycles. The number of para-hydroxylation sites is 1. The maximum absolute atomic E-state index is 12.6. The van der Waals surface area contributed by atoms with Gasteiger partial charge in [0.2, 0.25) is 5.91 Å². The van der Waals surface area contributed by atoms with Crippen molar-refractivity contribution in [2.45, 2.75) is 24.6 Å². The van der Waals surface area contributed by atoms with Gasteiger partial charge in [0.05, 0.1) is 5.38 Å². The number of fused-ring (bicyclic) bond motifs is 1. The highest BCUT2D eigenvalue weighted by Gasteiger charge is 2.36. The van der Waals surface area contributed by atoms with Gasteiger partial charge < -0.3 is 9.64 Å². The monoisotopic (exact) mass is 279 g/mol. The molecule has 1 saturated heterocycles. The summed E-state index contributed by atoms with van der Waals surface area (Å²) in [4.78, 5) is 14.5. The molecule has 0 spiro atoms. The fraction of sp³-hybridized carbons (Fsp3) is 0.533. The van der Waals surface area contributed by atoms with Crippen LogP contribution in [-0.4, -0.2) is 35.9 Å². The molecule has 1 aromatic carbocycles. The zero-order chi connectivity index (χ0) is 13.4. The van der Waals surface area contributed by atoms with E-state index in [0.29, 0.717) is 19.1 Å². The number of carbonyl (C=O) groups excluding carboxylic acids is 1. The van der Waals surface area contributed by atoms with E-state index in [1.807, 2.05) is 29.2 Å². The minimum absolute atomic E-state index is 0.0651. The molecule has 102 valence electrons. The van der Waals surface area contributed by atoms with E-state index in [4.69, 9.17) is 16.3 Å². The number of piperidine rings is 1. The van der Waals surface area contributed by atoms with Crippen LogP contribution in [0.3, 0.4) is 0 Å². The lowest BCUT2D eigenvalue weighted by Crippen LogP contribution is -2.45. The second-order valence-corrected chi connectivity index (χ2v) is 6.03. The summed E-state index contributed by atoms with van der Waals surface area (Å²) in [5.74, 6) is 1.32. The Kier molecular flexibility index (Phi) is 3.40. The normalized spacial score (nSPS) is 29.8. The molecule has 1 aromatic rings. The Morgan fingerprint density at radius 2 is 2.21 bits per heavy atom. The first kappa shape index (κ1) is 12.8. The van der Waals surface area contributed by atoms with Gasteiger partial charge >= 0.3 is 0 Å². The predicted molar refractivity (Wildman–Crippen MR) is 74.7 cm³/mol. The van der Waals surface area contributed by atoms with E-state index in [-0.39, 0.29) is 17.2 Å². The van der Waals surface area contributed by atoms with Crippen molar-refractivity contribution >= 4 is 17.5 Å². The number of benzene rings is 1. The number of hydrogen-bond donors (Lipinski definition) is 0. The van der Waals surface area contributed by atoms with Crippen molar-refractivity contribution in [3.05, 3.63) is 29.8 Å². The Balaban J connectivity index is 1.75. The molecule has 19 heavy (non-hydrogen) atoms. The van der Waals surface area contributed by atoms with E-state index in [9.17, 15) is 4.79 Å². The van der Waals surface area contributed by atoms with Crippen molar-refractivity contribution in [1.29, 1.82) is 0 Å². The van der Waals surface area contributed by atoms with Gasteiger partial charge in [0.15, 0.2) is 0 Å². The molecule has 2 aliphatic heterocycles. The van der Waals surface area contributed by atoms with Crippen molar-refractivity contribution < 1.29 is 9.53 Å². The first-order valence-corrected chi connectivity index (χ1v) is 7.25. The van der Waals surface area contributed by atoms with Crippen LogP contribution >= 0.6 is 11.6 Å². The molecule has 3 nitrogen and oxygen atoms in total. The molecule has 2 aliphatic rings.